The van der Waals surface area contributed by atoms with Crippen molar-refractivity contribution in [1.29, 1.82) is 5.26 Å². The van der Waals surface area contributed by atoms with Gasteiger partial charge in [-0.25, -0.2) is 13.2 Å². The lowest BCUT2D eigenvalue weighted by Crippen LogP contribution is -2.43. The molecule has 3 rings (SSSR count). The zero-order valence-electron chi connectivity index (χ0n) is 16.6. The number of amides is 2. The van der Waals surface area contributed by atoms with Crippen LogP contribution in [0.1, 0.15) is 35.3 Å². The molecule has 1 aliphatic heterocycles. The number of anilines is 1. The number of nitriles is 1. The van der Waals surface area contributed by atoms with Crippen LogP contribution in [0.4, 0.5) is 18.9 Å². The number of hydrogen-bond donors (Lipinski definition) is 2. The van der Waals surface area contributed by atoms with E-state index in [4.69, 9.17) is 5.26 Å². The summed E-state index contributed by atoms with van der Waals surface area (Å²) in [5.41, 5.74) is 1.36. The molecule has 0 spiro atoms. The number of aromatic nitrogens is 1. The van der Waals surface area contributed by atoms with Crippen molar-refractivity contribution in [2.75, 3.05) is 18.4 Å². The van der Waals surface area contributed by atoms with E-state index >= 15 is 0 Å². The predicted molar refractivity (Wildman–Crippen MR) is 106 cm³/mol. The molecule has 1 aromatic heterocycles. The van der Waals surface area contributed by atoms with Crippen molar-refractivity contribution in [3.05, 3.63) is 59.7 Å². The fraction of sp³-hybridized carbons (Fsp3) is 0.333. The van der Waals surface area contributed by atoms with Crippen molar-refractivity contribution < 1.29 is 22.8 Å². The highest BCUT2D eigenvalue weighted by Gasteiger charge is 2.47. The maximum atomic E-state index is 13.5. The number of rotatable bonds is 6. The lowest BCUT2D eigenvalue weighted by atomic mass is 10.1. The molecule has 2 aromatic rings. The Bertz CT molecular complexity index is 1010. The molecule has 31 heavy (non-hydrogen) atoms. The molecule has 2 amide bonds. The fourth-order valence-electron chi connectivity index (χ4n) is 3.32. The van der Waals surface area contributed by atoms with Gasteiger partial charge in [0.2, 0.25) is 5.91 Å². The van der Waals surface area contributed by atoms with Crippen molar-refractivity contribution in [2.45, 2.75) is 31.4 Å². The summed E-state index contributed by atoms with van der Waals surface area (Å²) in [4.78, 5) is 29.7. The minimum absolute atomic E-state index is 0.195. The van der Waals surface area contributed by atoms with Gasteiger partial charge in [0.1, 0.15) is 11.9 Å². The third kappa shape index (κ3) is 5.31. The molecule has 1 aliphatic rings. The first-order chi connectivity index (χ1) is 14.7. The molecule has 1 aromatic carbocycles. The normalized spacial score (nSPS) is 18.2. The first-order valence-electron chi connectivity index (χ1n) is 9.51. The number of nitrogens with zero attached hydrogens (tertiary/aromatic N) is 3. The quantitative estimate of drug-likeness (QED) is 0.733. The number of hydrogen-bond acceptors (Lipinski definition) is 5. The van der Waals surface area contributed by atoms with Crippen LogP contribution in [0.5, 0.6) is 0 Å². The van der Waals surface area contributed by atoms with Crippen molar-refractivity contribution in [1.82, 2.24) is 15.2 Å². The van der Waals surface area contributed by atoms with Crippen molar-refractivity contribution >= 4 is 17.5 Å². The zero-order chi connectivity index (χ0) is 22.6. The summed E-state index contributed by atoms with van der Waals surface area (Å²) in [7, 11) is 0. The number of alkyl halides is 2. The second-order valence-corrected chi connectivity index (χ2v) is 7.25. The fourth-order valence-corrected chi connectivity index (χ4v) is 3.32. The van der Waals surface area contributed by atoms with E-state index < -0.39 is 43.3 Å². The number of likely N-dealkylation sites (tertiary alicyclic amines) is 1. The Kier molecular flexibility index (Phi) is 6.44. The van der Waals surface area contributed by atoms with Crippen LogP contribution < -0.4 is 10.6 Å². The van der Waals surface area contributed by atoms with E-state index in [2.05, 4.69) is 15.6 Å². The molecule has 162 valence electrons. The average Bonchev–Trinajstić information content (AvgIpc) is 3.07. The smallest absolute Gasteiger partial charge is 0.268 e. The van der Waals surface area contributed by atoms with E-state index in [1.165, 1.54) is 30.6 Å². The lowest BCUT2D eigenvalue weighted by Gasteiger charge is -2.20. The summed E-state index contributed by atoms with van der Waals surface area (Å²) in [6, 6.07) is 7.50. The van der Waals surface area contributed by atoms with Crippen LogP contribution in [0.3, 0.4) is 0 Å². The number of carbonyl (C=O) groups is 2. The van der Waals surface area contributed by atoms with Crippen LogP contribution in [-0.4, -0.2) is 46.8 Å². The number of carbonyl (C=O) groups excluding carboxylic acids is 2. The zero-order valence-corrected chi connectivity index (χ0v) is 16.6. The van der Waals surface area contributed by atoms with Crippen molar-refractivity contribution in [2.24, 2.45) is 0 Å². The molecule has 1 fully saturated rings. The minimum atomic E-state index is -3.13. The maximum absolute atomic E-state index is 13.5. The maximum Gasteiger partial charge on any atom is 0.268 e. The molecular weight excluding hydrogens is 411 g/mol. The molecule has 0 aliphatic carbocycles. The van der Waals surface area contributed by atoms with Crippen LogP contribution in [0.25, 0.3) is 0 Å². The standard InChI is InChI=1S/C21H20F3N5O2/c1-13(14-2-4-15(22)5-3-14)28-18-10-26-7-6-17(18)20(31)27-11-19(30)29-12-21(23,24)8-16(29)9-25/h2-7,10,13,16,28H,8,11-12H2,1H3,(H,27,31)/t13?,16-/m0/s1. The molecule has 1 saturated heterocycles. The highest BCUT2D eigenvalue weighted by molar-refractivity contribution is 6.01. The van der Waals surface area contributed by atoms with E-state index in [-0.39, 0.29) is 17.4 Å². The third-order valence-electron chi connectivity index (χ3n) is 4.95. The Morgan fingerprint density at radius 3 is 2.71 bits per heavy atom. The number of nitrogens with one attached hydrogen (secondary N) is 2. The molecule has 7 nitrogen and oxygen atoms in total. The molecule has 0 radical (unpaired) electrons. The van der Waals surface area contributed by atoms with Crippen LogP contribution in [0.2, 0.25) is 0 Å². The molecule has 0 saturated carbocycles. The van der Waals surface area contributed by atoms with Crippen LogP contribution >= 0.6 is 0 Å². The van der Waals surface area contributed by atoms with Crippen molar-refractivity contribution in [3.63, 3.8) is 0 Å². The molecular formula is C21H20F3N5O2. The van der Waals surface area contributed by atoms with E-state index in [1.807, 2.05) is 6.92 Å². The van der Waals surface area contributed by atoms with E-state index in [9.17, 15) is 22.8 Å². The van der Waals surface area contributed by atoms with Crippen molar-refractivity contribution in [3.8, 4) is 6.07 Å². The van der Waals surface area contributed by atoms with E-state index in [1.54, 1.807) is 18.2 Å². The van der Waals surface area contributed by atoms with E-state index in [0.29, 0.717) is 5.69 Å². The van der Waals surface area contributed by atoms with E-state index in [0.717, 1.165) is 10.5 Å². The number of benzene rings is 1. The van der Waals surface area contributed by atoms with Gasteiger partial charge in [-0.05, 0) is 30.7 Å². The monoisotopic (exact) mass is 431 g/mol. The third-order valence-corrected chi connectivity index (χ3v) is 4.95. The molecule has 2 atom stereocenters. The first kappa shape index (κ1) is 22.1. The van der Waals surface area contributed by atoms with Gasteiger partial charge in [0.15, 0.2) is 0 Å². The number of halogens is 3. The van der Waals surface area contributed by atoms with Gasteiger partial charge in [-0.3, -0.25) is 14.6 Å². The van der Waals surface area contributed by atoms with Gasteiger partial charge in [-0.2, -0.15) is 5.26 Å². The van der Waals surface area contributed by atoms with Gasteiger partial charge in [0, 0.05) is 18.7 Å². The summed E-state index contributed by atoms with van der Waals surface area (Å²) in [5, 5.41) is 14.5. The summed E-state index contributed by atoms with van der Waals surface area (Å²) >= 11 is 0. The Morgan fingerprint density at radius 1 is 1.32 bits per heavy atom. The van der Waals surface area contributed by atoms with Gasteiger partial charge in [-0.15, -0.1) is 0 Å². The highest BCUT2D eigenvalue weighted by atomic mass is 19.3. The first-order valence-corrected chi connectivity index (χ1v) is 9.51. The largest absolute Gasteiger partial charge is 0.377 e. The molecule has 2 heterocycles. The van der Waals surface area contributed by atoms with Crippen LogP contribution in [0, 0.1) is 17.1 Å². The Labute approximate surface area is 176 Å². The highest BCUT2D eigenvalue weighted by Crippen LogP contribution is 2.31. The van der Waals surface area contributed by atoms with Gasteiger partial charge >= 0.3 is 0 Å². The molecule has 2 N–H and O–H groups in total. The van der Waals surface area contributed by atoms with Crippen LogP contribution in [-0.2, 0) is 4.79 Å². The molecule has 1 unspecified atom stereocenters. The van der Waals surface area contributed by atoms with Gasteiger partial charge in [0.05, 0.1) is 36.6 Å². The minimum Gasteiger partial charge on any atom is -0.377 e. The Balaban J connectivity index is 1.65. The van der Waals surface area contributed by atoms with Gasteiger partial charge < -0.3 is 15.5 Å². The SMILES string of the molecule is CC(Nc1cnccc1C(=O)NCC(=O)N1CC(F)(F)C[C@H]1C#N)c1ccc(F)cc1. The Morgan fingerprint density at radius 2 is 2.03 bits per heavy atom. The summed E-state index contributed by atoms with van der Waals surface area (Å²) in [6.45, 7) is 0.445. The topological polar surface area (TPSA) is 98.1 Å². The summed E-state index contributed by atoms with van der Waals surface area (Å²) in [6.07, 6.45) is 2.11. The molecule has 0 bridgehead atoms. The second kappa shape index (κ2) is 9.04. The number of pyridine rings is 1. The Hall–Kier alpha value is -3.61. The predicted octanol–water partition coefficient (Wildman–Crippen LogP) is 2.88. The lowest BCUT2D eigenvalue weighted by molar-refractivity contribution is -0.131. The van der Waals surface area contributed by atoms with Gasteiger partial charge in [0.25, 0.3) is 11.8 Å². The summed E-state index contributed by atoms with van der Waals surface area (Å²) < 4.78 is 40.2. The summed E-state index contributed by atoms with van der Waals surface area (Å²) in [5.74, 6) is -4.86. The average molecular weight is 431 g/mol. The molecule has 10 heteroatoms. The second-order valence-electron chi connectivity index (χ2n) is 7.25. The van der Waals surface area contributed by atoms with Crippen LogP contribution in [0.15, 0.2) is 42.7 Å². The van der Waals surface area contributed by atoms with Gasteiger partial charge in [-0.1, -0.05) is 12.1 Å².